The lowest BCUT2D eigenvalue weighted by Crippen LogP contribution is -2.48. The van der Waals surface area contributed by atoms with Crippen molar-refractivity contribution in [3.8, 4) is 17.0 Å². The SMILES string of the molecule is CCOc1ccc(-c2cc(C(=O)NC3CC(CN(C)CC4CCCO4)C3)c3ccc(Cl)cc3n2)cc1. The van der Waals surface area contributed by atoms with Crippen LogP contribution in [0.3, 0.4) is 0 Å². The highest BCUT2D eigenvalue weighted by Gasteiger charge is 2.32. The van der Waals surface area contributed by atoms with Crippen LogP contribution in [0.5, 0.6) is 5.75 Å². The molecule has 2 aromatic carbocycles. The lowest BCUT2D eigenvalue weighted by atomic mass is 9.79. The largest absolute Gasteiger partial charge is 0.494 e. The van der Waals surface area contributed by atoms with E-state index in [4.69, 9.17) is 26.1 Å². The third-order valence-electron chi connectivity index (χ3n) is 7.16. The third-order valence-corrected chi connectivity index (χ3v) is 7.39. The van der Waals surface area contributed by atoms with Crippen molar-refractivity contribution in [2.45, 2.75) is 44.8 Å². The van der Waals surface area contributed by atoms with Crippen molar-refractivity contribution < 1.29 is 14.3 Å². The summed E-state index contributed by atoms with van der Waals surface area (Å²) < 4.78 is 11.3. The lowest BCUT2D eigenvalue weighted by Gasteiger charge is -2.38. The number of aromatic nitrogens is 1. The average Bonchev–Trinajstić information content (AvgIpc) is 3.35. The fraction of sp³-hybridized carbons (Fsp3) is 0.448. The van der Waals surface area contributed by atoms with Crippen molar-refractivity contribution in [2.24, 2.45) is 5.92 Å². The van der Waals surface area contributed by atoms with Crippen LogP contribution in [0.1, 0.15) is 43.0 Å². The fourth-order valence-corrected chi connectivity index (χ4v) is 5.51. The highest BCUT2D eigenvalue weighted by molar-refractivity contribution is 6.31. The van der Waals surface area contributed by atoms with Crippen LogP contribution >= 0.6 is 11.6 Å². The Morgan fingerprint density at radius 1 is 1.17 bits per heavy atom. The van der Waals surface area contributed by atoms with E-state index in [2.05, 4.69) is 17.3 Å². The maximum atomic E-state index is 13.4. The fourth-order valence-electron chi connectivity index (χ4n) is 5.34. The molecule has 0 spiro atoms. The van der Waals surface area contributed by atoms with Crippen molar-refractivity contribution in [1.82, 2.24) is 15.2 Å². The number of hydrogen-bond donors (Lipinski definition) is 1. The molecule has 2 heterocycles. The topological polar surface area (TPSA) is 63.7 Å². The van der Waals surface area contributed by atoms with E-state index in [0.29, 0.717) is 34.7 Å². The molecule has 5 rings (SSSR count). The molecule has 1 atom stereocenters. The number of fused-ring (bicyclic) bond motifs is 1. The highest BCUT2D eigenvalue weighted by atomic mass is 35.5. The zero-order valence-corrected chi connectivity index (χ0v) is 21.8. The molecule has 1 unspecified atom stereocenters. The van der Waals surface area contributed by atoms with Gasteiger partial charge in [-0.2, -0.15) is 0 Å². The summed E-state index contributed by atoms with van der Waals surface area (Å²) in [4.78, 5) is 20.6. The minimum atomic E-state index is -0.0620. The maximum absolute atomic E-state index is 13.4. The third kappa shape index (κ3) is 5.83. The Morgan fingerprint density at radius 2 is 1.97 bits per heavy atom. The van der Waals surface area contributed by atoms with Gasteiger partial charge in [0.1, 0.15) is 5.75 Å². The average molecular weight is 508 g/mol. The molecule has 2 aliphatic rings. The van der Waals surface area contributed by atoms with Crippen LogP contribution in [-0.2, 0) is 4.74 Å². The van der Waals surface area contributed by atoms with Crippen LogP contribution in [0, 0.1) is 5.92 Å². The molecule has 1 aliphatic carbocycles. The zero-order chi connectivity index (χ0) is 25.1. The molecule has 0 bridgehead atoms. The number of benzene rings is 2. The number of nitrogens with zero attached hydrogens (tertiary/aromatic N) is 2. The van der Waals surface area contributed by atoms with E-state index in [1.165, 1.54) is 6.42 Å². The molecule has 1 aromatic heterocycles. The highest BCUT2D eigenvalue weighted by Crippen LogP contribution is 2.31. The molecule has 1 aliphatic heterocycles. The van der Waals surface area contributed by atoms with Crippen molar-refractivity contribution in [3.05, 3.63) is 59.1 Å². The van der Waals surface area contributed by atoms with Crippen molar-refractivity contribution in [1.29, 1.82) is 0 Å². The predicted octanol–water partition coefficient (Wildman–Crippen LogP) is 5.57. The molecule has 36 heavy (non-hydrogen) atoms. The molecule has 6 nitrogen and oxygen atoms in total. The molecule has 1 amide bonds. The Kier molecular flexibility index (Phi) is 7.75. The number of hydrogen-bond acceptors (Lipinski definition) is 5. The summed E-state index contributed by atoms with van der Waals surface area (Å²) in [5.41, 5.74) is 2.99. The molecular formula is C29H34ClN3O3. The first-order chi connectivity index (χ1) is 17.5. The zero-order valence-electron chi connectivity index (χ0n) is 21.0. The van der Waals surface area contributed by atoms with Gasteiger partial charge in [0, 0.05) is 41.7 Å². The van der Waals surface area contributed by atoms with Crippen LogP contribution in [0.15, 0.2) is 48.5 Å². The first-order valence-corrected chi connectivity index (χ1v) is 13.3. The molecular weight excluding hydrogens is 474 g/mol. The van der Waals surface area contributed by atoms with Crippen LogP contribution in [0.2, 0.25) is 5.02 Å². The van der Waals surface area contributed by atoms with Gasteiger partial charge in [0.2, 0.25) is 0 Å². The van der Waals surface area contributed by atoms with E-state index in [9.17, 15) is 4.79 Å². The second-order valence-corrected chi connectivity index (χ2v) is 10.5. The monoisotopic (exact) mass is 507 g/mol. The van der Waals surface area contributed by atoms with E-state index < -0.39 is 0 Å². The van der Waals surface area contributed by atoms with E-state index in [1.54, 1.807) is 0 Å². The second-order valence-electron chi connectivity index (χ2n) is 10.0. The van der Waals surface area contributed by atoms with Gasteiger partial charge in [-0.3, -0.25) is 4.79 Å². The summed E-state index contributed by atoms with van der Waals surface area (Å²) in [6.45, 7) is 5.51. The van der Waals surface area contributed by atoms with E-state index in [1.807, 2.05) is 55.5 Å². The smallest absolute Gasteiger partial charge is 0.252 e. The van der Waals surface area contributed by atoms with Crippen molar-refractivity contribution >= 4 is 28.4 Å². The van der Waals surface area contributed by atoms with Gasteiger partial charge in [-0.15, -0.1) is 0 Å². The first-order valence-electron chi connectivity index (χ1n) is 12.9. The molecule has 0 radical (unpaired) electrons. The summed E-state index contributed by atoms with van der Waals surface area (Å²) in [6, 6.07) is 15.4. The number of likely N-dealkylation sites (N-methyl/N-ethyl adjacent to an activating group) is 1. The van der Waals surface area contributed by atoms with Crippen LogP contribution in [0.4, 0.5) is 0 Å². The normalized spacial score (nSPS) is 21.5. The number of halogens is 1. The molecule has 1 N–H and O–H groups in total. The Bertz CT molecular complexity index is 1200. The Balaban J connectivity index is 1.27. The van der Waals surface area contributed by atoms with Crippen LogP contribution < -0.4 is 10.1 Å². The minimum Gasteiger partial charge on any atom is -0.494 e. The van der Waals surface area contributed by atoms with Gasteiger partial charge in [-0.05, 0) is 88.0 Å². The molecule has 190 valence electrons. The Labute approximate surface area is 217 Å². The summed E-state index contributed by atoms with van der Waals surface area (Å²) in [6.07, 6.45) is 4.72. The minimum absolute atomic E-state index is 0.0620. The number of ether oxygens (including phenoxy) is 2. The maximum Gasteiger partial charge on any atom is 0.252 e. The van der Waals surface area contributed by atoms with E-state index in [-0.39, 0.29) is 11.9 Å². The summed E-state index contributed by atoms with van der Waals surface area (Å²) in [5, 5.41) is 4.66. The van der Waals surface area contributed by atoms with Gasteiger partial charge >= 0.3 is 0 Å². The van der Waals surface area contributed by atoms with Crippen LogP contribution in [-0.4, -0.2) is 61.3 Å². The molecule has 3 aromatic rings. The number of pyridine rings is 1. The van der Waals surface area contributed by atoms with Gasteiger partial charge in [-0.1, -0.05) is 17.7 Å². The summed E-state index contributed by atoms with van der Waals surface area (Å²) in [7, 11) is 2.17. The number of carbonyl (C=O) groups excluding carboxylic acids is 1. The number of carbonyl (C=O) groups is 1. The Hall–Kier alpha value is -2.67. The van der Waals surface area contributed by atoms with E-state index >= 15 is 0 Å². The molecule has 1 saturated heterocycles. The molecule has 2 fully saturated rings. The lowest BCUT2D eigenvalue weighted by molar-refractivity contribution is 0.0652. The number of rotatable bonds is 9. The standard InChI is InChI=1S/C29H34ClN3O3/c1-3-35-23-9-6-20(7-10-23)27-16-26(25-11-8-21(30)15-28(25)32-27)29(34)31-22-13-19(14-22)17-33(2)18-24-5-4-12-36-24/h6-11,15-16,19,22,24H,3-5,12-14,17-18H2,1-2H3,(H,31,34). The number of nitrogens with one attached hydrogen (secondary N) is 1. The van der Waals surface area contributed by atoms with Crippen LogP contribution in [0.25, 0.3) is 22.2 Å². The van der Waals surface area contributed by atoms with Gasteiger partial charge in [-0.25, -0.2) is 4.98 Å². The number of amides is 1. The van der Waals surface area contributed by atoms with Gasteiger partial charge in [0.15, 0.2) is 0 Å². The quantitative estimate of drug-likeness (QED) is 0.410. The predicted molar refractivity (Wildman–Crippen MR) is 144 cm³/mol. The second kappa shape index (κ2) is 11.2. The first kappa shape index (κ1) is 25.0. The van der Waals surface area contributed by atoms with Crippen molar-refractivity contribution in [3.63, 3.8) is 0 Å². The summed E-state index contributed by atoms with van der Waals surface area (Å²) >= 11 is 6.26. The summed E-state index contributed by atoms with van der Waals surface area (Å²) in [5.74, 6) is 1.35. The molecule has 1 saturated carbocycles. The van der Waals surface area contributed by atoms with Gasteiger partial charge in [0.25, 0.3) is 5.91 Å². The van der Waals surface area contributed by atoms with E-state index in [0.717, 1.165) is 61.4 Å². The molecule has 7 heteroatoms. The Morgan fingerprint density at radius 3 is 2.69 bits per heavy atom. The van der Waals surface area contributed by atoms with Gasteiger partial charge < -0.3 is 19.7 Å². The van der Waals surface area contributed by atoms with Gasteiger partial charge in [0.05, 0.1) is 29.5 Å². The van der Waals surface area contributed by atoms with Crippen molar-refractivity contribution in [2.75, 3.05) is 33.4 Å².